The predicted molar refractivity (Wildman–Crippen MR) is 69.4 cm³/mol. The van der Waals surface area contributed by atoms with Crippen LogP contribution in [0.25, 0.3) is 0 Å². The number of sulfonamides is 1. The molecular weight excluding hydrogens is 252 g/mol. The van der Waals surface area contributed by atoms with Crippen molar-refractivity contribution in [2.45, 2.75) is 50.0 Å². The maximum Gasteiger partial charge on any atom is 0.246 e. The van der Waals surface area contributed by atoms with E-state index >= 15 is 0 Å². The lowest BCUT2D eigenvalue weighted by Gasteiger charge is -2.22. The van der Waals surface area contributed by atoms with Gasteiger partial charge >= 0.3 is 0 Å². The Labute approximate surface area is 107 Å². The van der Waals surface area contributed by atoms with Crippen molar-refractivity contribution in [1.29, 1.82) is 0 Å². The number of nitrogens with two attached hydrogens (primary N) is 1. The molecule has 0 amide bonds. The zero-order valence-electron chi connectivity index (χ0n) is 10.5. The van der Waals surface area contributed by atoms with Gasteiger partial charge in [-0.1, -0.05) is 26.2 Å². The largest absolute Gasteiger partial charge is 0.383 e. The van der Waals surface area contributed by atoms with Gasteiger partial charge in [-0.15, -0.1) is 0 Å². The number of anilines is 1. The molecule has 2 rings (SSSR count). The number of hydrogen-bond donors (Lipinski definition) is 3. The van der Waals surface area contributed by atoms with Crippen molar-refractivity contribution < 1.29 is 8.42 Å². The number of nitrogens with one attached hydrogen (secondary N) is 2. The molecule has 2 atom stereocenters. The molecule has 0 aromatic carbocycles. The predicted octanol–water partition coefficient (Wildman–Crippen LogP) is 1.24. The fourth-order valence-corrected chi connectivity index (χ4v) is 3.83. The summed E-state index contributed by atoms with van der Waals surface area (Å²) in [6.45, 7) is 2.09. The molecule has 2 unspecified atom stereocenters. The number of rotatable bonds is 3. The lowest BCUT2D eigenvalue weighted by Crippen LogP contribution is -2.38. The van der Waals surface area contributed by atoms with Gasteiger partial charge in [-0.05, 0) is 18.8 Å². The highest BCUT2D eigenvalue weighted by molar-refractivity contribution is 7.89. The van der Waals surface area contributed by atoms with Crippen LogP contribution in [0.1, 0.15) is 39.0 Å². The topological polar surface area (TPSA) is 101 Å². The Balaban J connectivity index is 2.15. The van der Waals surface area contributed by atoms with Crippen molar-refractivity contribution in [3.8, 4) is 0 Å². The molecule has 0 radical (unpaired) electrons. The summed E-state index contributed by atoms with van der Waals surface area (Å²) in [4.78, 5) is 0.0407. The van der Waals surface area contributed by atoms with E-state index in [1.165, 1.54) is 19.0 Å². The van der Waals surface area contributed by atoms with Gasteiger partial charge in [0.2, 0.25) is 10.0 Å². The fraction of sp³-hybridized carbons (Fsp3) is 0.727. The molecule has 6 nitrogen and oxygen atoms in total. The molecule has 0 bridgehead atoms. The van der Waals surface area contributed by atoms with E-state index in [2.05, 4.69) is 21.8 Å². The van der Waals surface area contributed by atoms with Crippen molar-refractivity contribution in [1.82, 2.24) is 14.9 Å². The van der Waals surface area contributed by atoms with E-state index in [9.17, 15) is 8.42 Å². The Morgan fingerprint density at radius 2 is 2.11 bits per heavy atom. The second-order valence-corrected chi connectivity index (χ2v) is 6.67. The van der Waals surface area contributed by atoms with Crippen LogP contribution in [-0.4, -0.2) is 24.7 Å². The zero-order chi connectivity index (χ0) is 13.2. The summed E-state index contributed by atoms with van der Waals surface area (Å²) in [6.07, 6.45) is 6.62. The van der Waals surface area contributed by atoms with Gasteiger partial charge in [0.1, 0.15) is 10.7 Å². The standard InChI is InChI=1S/C11H20N4O2S/c1-8-5-3-2-4-6-9(8)15-18(16,17)10-7-13-14-11(10)12/h7-9,15H,2-6H2,1H3,(H3,12,13,14). The maximum atomic E-state index is 12.2. The number of nitrogen functional groups attached to an aromatic ring is 1. The molecule has 1 aliphatic carbocycles. The minimum Gasteiger partial charge on any atom is -0.383 e. The highest BCUT2D eigenvalue weighted by Crippen LogP contribution is 2.25. The Kier molecular flexibility index (Phi) is 3.91. The Bertz CT molecular complexity index is 497. The average Bonchev–Trinajstić information content (AvgIpc) is 2.64. The van der Waals surface area contributed by atoms with E-state index in [-0.39, 0.29) is 16.8 Å². The van der Waals surface area contributed by atoms with Crippen LogP contribution in [0.2, 0.25) is 0 Å². The van der Waals surface area contributed by atoms with Crippen LogP contribution in [-0.2, 0) is 10.0 Å². The maximum absolute atomic E-state index is 12.2. The van der Waals surface area contributed by atoms with Crippen molar-refractivity contribution in [2.24, 2.45) is 5.92 Å². The number of nitrogens with zero attached hydrogens (tertiary/aromatic N) is 1. The molecule has 1 fully saturated rings. The minimum absolute atomic E-state index is 0.00759. The summed E-state index contributed by atoms with van der Waals surface area (Å²) < 4.78 is 27.1. The zero-order valence-corrected chi connectivity index (χ0v) is 11.3. The lowest BCUT2D eigenvalue weighted by molar-refractivity contribution is 0.399. The second-order valence-electron chi connectivity index (χ2n) is 4.99. The molecule has 1 saturated carbocycles. The highest BCUT2D eigenvalue weighted by Gasteiger charge is 2.27. The van der Waals surface area contributed by atoms with Gasteiger partial charge in [-0.25, -0.2) is 13.1 Å². The quantitative estimate of drug-likeness (QED) is 0.720. The van der Waals surface area contributed by atoms with Crippen molar-refractivity contribution in [2.75, 3.05) is 5.73 Å². The number of aromatic nitrogens is 2. The van der Waals surface area contributed by atoms with Crippen LogP contribution >= 0.6 is 0 Å². The number of H-pyrrole nitrogens is 1. The Morgan fingerprint density at radius 3 is 2.78 bits per heavy atom. The normalized spacial score (nSPS) is 25.8. The van der Waals surface area contributed by atoms with Crippen molar-refractivity contribution in [3.05, 3.63) is 6.20 Å². The third kappa shape index (κ3) is 2.84. The van der Waals surface area contributed by atoms with E-state index in [0.29, 0.717) is 5.92 Å². The summed E-state index contributed by atoms with van der Waals surface area (Å²) in [6, 6.07) is -0.00759. The van der Waals surface area contributed by atoms with Gasteiger partial charge in [-0.3, -0.25) is 5.10 Å². The molecule has 102 valence electrons. The van der Waals surface area contributed by atoms with Gasteiger partial charge < -0.3 is 5.73 Å². The third-order valence-electron chi connectivity index (χ3n) is 3.59. The number of hydrogen-bond acceptors (Lipinski definition) is 4. The first-order valence-corrected chi connectivity index (χ1v) is 7.80. The number of aromatic amines is 1. The third-order valence-corrected chi connectivity index (χ3v) is 5.11. The van der Waals surface area contributed by atoms with Gasteiger partial charge in [0, 0.05) is 6.04 Å². The summed E-state index contributed by atoms with van der Waals surface area (Å²) in [5.74, 6) is 0.444. The smallest absolute Gasteiger partial charge is 0.246 e. The fourth-order valence-electron chi connectivity index (χ4n) is 2.43. The van der Waals surface area contributed by atoms with Gasteiger partial charge in [0.05, 0.1) is 6.20 Å². The Hall–Kier alpha value is -1.08. The monoisotopic (exact) mass is 272 g/mol. The van der Waals surface area contributed by atoms with Crippen LogP contribution in [0.4, 0.5) is 5.82 Å². The van der Waals surface area contributed by atoms with E-state index in [0.717, 1.165) is 19.3 Å². The van der Waals surface area contributed by atoms with Gasteiger partial charge in [0.25, 0.3) is 0 Å². The first kappa shape index (κ1) is 13.4. The van der Waals surface area contributed by atoms with E-state index in [1.807, 2.05) is 0 Å². The van der Waals surface area contributed by atoms with Crippen molar-refractivity contribution in [3.63, 3.8) is 0 Å². The van der Waals surface area contributed by atoms with Crippen LogP contribution < -0.4 is 10.5 Å². The van der Waals surface area contributed by atoms with Gasteiger partial charge in [-0.2, -0.15) is 5.10 Å². The minimum atomic E-state index is -3.57. The molecule has 4 N–H and O–H groups in total. The molecule has 7 heteroatoms. The van der Waals surface area contributed by atoms with Crippen LogP contribution in [0.15, 0.2) is 11.1 Å². The summed E-state index contributed by atoms with van der Waals surface area (Å²) in [7, 11) is -3.57. The van der Waals surface area contributed by atoms with Crippen LogP contribution in [0.3, 0.4) is 0 Å². The summed E-state index contributed by atoms with van der Waals surface area (Å²) in [5.41, 5.74) is 5.56. The second kappa shape index (κ2) is 5.27. The van der Waals surface area contributed by atoms with E-state index in [1.54, 1.807) is 0 Å². The molecule has 0 saturated heterocycles. The molecule has 1 heterocycles. The lowest BCUT2D eigenvalue weighted by atomic mass is 9.98. The molecule has 1 aromatic heterocycles. The molecular formula is C11H20N4O2S. The van der Waals surface area contributed by atoms with Crippen LogP contribution in [0.5, 0.6) is 0 Å². The first-order valence-electron chi connectivity index (χ1n) is 6.32. The SMILES string of the molecule is CC1CCCCCC1NS(=O)(=O)c1cn[nH]c1N. The Morgan fingerprint density at radius 1 is 1.39 bits per heavy atom. The molecule has 1 aliphatic rings. The molecule has 1 aromatic rings. The van der Waals surface area contributed by atoms with Crippen LogP contribution in [0, 0.1) is 5.92 Å². The molecule has 0 spiro atoms. The van der Waals surface area contributed by atoms with E-state index in [4.69, 9.17) is 5.73 Å². The summed E-state index contributed by atoms with van der Waals surface area (Å²) in [5, 5.41) is 6.09. The highest BCUT2D eigenvalue weighted by atomic mass is 32.2. The van der Waals surface area contributed by atoms with E-state index < -0.39 is 10.0 Å². The average molecular weight is 272 g/mol. The van der Waals surface area contributed by atoms with Crippen molar-refractivity contribution >= 4 is 15.8 Å². The molecule has 0 aliphatic heterocycles. The summed E-state index contributed by atoms with van der Waals surface area (Å²) >= 11 is 0. The first-order chi connectivity index (χ1) is 8.50. The van der Waals surface area contributed by atoms with Gasteiger partial charge in [0.15, 0.2) is 0 Å². The molecule has 18 heavy (non-hydrogen) atoms.